The van der Waals surface area contributed by atoms with E-state index < -0.39 is 0 Å². The molecule has 0 saturated heterocycles. The third kappa shape index (κ3) is 33.1. The zero-order valence-electron chi connectivity index (χ0n) is 8.86. The maximum Gasteiger partial charge on any atom is 0.307 e. The molecule has 15 heavy (non-hydrogen) atoms. The normalized spacial score (nSPS) is 6.53. The van der Waals surface area contributed by atoms with Gasteiger partial charge in [0.2, 0.25) is 5.91 Å². The van der Waals surface area contributed by atoms with Gasteiger partial charge in [-0.2, -0.15) is 0 Å². The average Bonchev–Trinajstić information content (AvgIpc) is 2.22. The molecular weight excluding hydrogens is 198 g/mol. The summed E-state index contributed by atoms with van der Waals surface area (Å²) in [5.41, 5.74) is 0. The van der Waals surface area contributed by atoms with Crippen molar-refractivity contribution in [1.29, 1.82) is 0 Å². The number of esters is 1. The zero-order valence-corrected chi connectivity index (χ0v) is 8.86. The molecule has 0 atom stereocenters. The molecule has 0 radical (unpaired) electrons. The Hall–Kier alpha value is -1.88. The minimum absolute atomic E-state index is 0.329. The van der Waals surface area contributed by atoms with Gasteiger partial charge in [0.05, 0.1) is 6.26 Å². The molecule has 86 valence electrons. The van der Waals surface area contributed by atoms with Gasteiger partial charge in [0, 0.05) is 6.92 Å². The van der Waals surface area contributed by atoms with Crippen LogP contribution in [0.4, 0.5) is 0 Å². The fraction of sp³-hybridized carbons (Fsp3) is 0.200. The molecule has 0 aliphatic heterocycles. The minimum Gasteiger partial charge on any atom is -0.435 e. The Morgan fingerprint density at radius 1 is 1.40 bits per heavy atom. The van der Waals surface area contributed by atoms with E-state index >= 15 is 0 Å². The molecule has 0 heterocycles. The van der Waals surface area contributed by atoms with Crippen molar-refractivity contribution in [1.82, 2.24) is 5.32 Å². The third-order valence-electron chi connectivity index (χ3n) is 0.688. The van der Waals surface area contributed by atoms with Gasteiger partial charge in [-0.05, 0) is 6.08 Å². The molecule has 0 spiro atoms. The standard InChI is InChI=1S/C4H7NO2.C4H6O2.C2H4/c1-2-4(7)5-3-6;1-3-6-4(2)5;1-2/h2,6H,1,3H2,(H,5,7);3H,1H2,2H3;1-2H2. The second kappa shape index (κ2) is 18.0. The van der Waals surface area contributed by atoms with Crippen LogP contribution in [0.1, 0.15) is 6.92 Å². The predicted octanol–water partition coefficient (Wildman–Crippen LogP) is 0.734. The first kappa shape index (κ1) is 18.8. The molecule has 0 aliphatic carbocycles. The third-order valence-corrected chi connectivity index (χ3v) is 0.688. The summed E-state index contributed by atoms with van der Waals surface area (Å²) in [6.45, 7) is 13.3. The van der Waals surface area contributed by atoms with Crippen LogP contribution in [0.25, 0.3) is 0 Å². The van der Waals surface area contributed by atoms with Crippen LogP contribution in [0.3, 0.4) is 0 Å². The van der Waals surface area contributed by atoms with E-state index in [1.165, 1.54) is 6.92 Å². The molecule has 5 nitrogen and oxygen atoms in total. The lowest BCUT2D eigenvalue weighted by molar-refractivity contribution is -0.135. The topological polar surface area (TPSA) is 75.6 Å². The van der Waals surface area contributed by atoms with Crippen molar-refractivity contribution in [2.75, 3.05) is 6.73 Å². The summed E-state index contributed by atoms with van der Waals surface area (Å²) in [6, 6.07) is 0. The van der Waals surface area contributed by atoms with E-state index in [1.807, 2.05) is 0 Å². The molecule has 0 saturated carbocycles. The van der Waals surface area contributed by atoms with Gasteiger partial charge in [-0.1, -0.05) is 13.2 Å². The maximum atomic E-state index is 10.0. The first-order valence-corrected chi connectivity index (χ1v) is 3.87. The smallest absolute Gasteiger partial charge is 0.307 e. The van der Waals surface area contributed by atoms with Crippen molar-refractivity contribution in [2.45, 2.75) is 6.92 Å². The molecule has 2 N–H and O–H groups in total. The average molecular weight is 215 g/mol. The van der Waals surface area contributed by atoms with Crippen molar-refractivity contribution < 1.29 is 19.4 Å². The number of amides is 1. The quantitative estimate of drug-likeness (QED) is 0.239. The highest BCUT2D eigenvalue weighted by atomic mass is 16.5. The van der Waals surface area contributed by atoms with Crippen molar-refractivity contribution in [2.24, 2.45) is 0 Å². The summed E-state index contributed by atoms with van der Waals surface area (Å²) >= 11 is 0. The maximum absolute atomic E-state index is 10.0. The van der Waals surface area contributed by atoms with Crippen LogP contribution in [-0.2, 0) is 14.3 Å². The largest absolute Gasteiger partial charge is 0.435 e. The van der Waals surface area contributed by atoms with E-state index in [4.69, 9.17) is 5.11 Å². The Bertz CT molecular complexity index is 202. The Kier molecular flexibility index (Phi) is 22.6. The molecule has 0 aromatic rings. The molecular formula is C10H17NO4. The summed E-state index contributed by atoms with van der Waals surface area (Å²) in [6.07, 6.45) is 2.19. The predicted molar refractivity (Wildman–Crippen MR) is 58.6 cm³/mol. The monoisotopic (exact) mass is 215 g/mol. The minimum atomic E-state index is -0.359. The van der Waals surface area contributed by atoms with E-state index in [0.717, 1.165) is 12.3 Å². The van der Waals surface area contributed by atoms with Gasteiger partial charge in [0.25, 0.3) is 0 Å². The SMILES string of the molecule is C=C.C=CC(=O)NCO.C=COC(C)=O. The Morgan fingerprint density at radius 2 is 1.87 bits per heavy atom. The second-order valence-corrected chi connectivity index (χ2v) is 1.68. The van der Waals surface area contributed by atoms with Crippen LogP contribution >= 0.6 is 0 Å². The molecule has 0 aromatic carbocycles. The zero-order chi connectivity index (χ0) is 12.7. The number of carbonyl (C=O) groups excluding carboxylic acids is 2. The lowest BCUT2D eigenvalue weighted by Crippen LogP contribution is -2.20. The lowest BCUT2D eigenvalue weighted by Gasteiger charge is -1.89. The molecule has 0 bridgehead atoms. The first-order chi connectivity index (χ1) is 7.08. The Balaban J connectivity index is -0.000000166. The summed E-state index contributed by atoms with van der Waals surface area (Å²) in [7, 11) is 0. The summed E-state index contributed by atoms with van der Waals surface area (Å²) in [5.74, 6) is -0.687. The van der Waals surface area contributed by atoms with Crippen LogP contribution in [0.2, 0.25) is 0 Å². The Labute approximate surface area is 89.7 Å². The highest BCUT2D eigenvalue weighted by molar-refractivity contribution is 5.86. The van der Waals surface area contributed by atoms with Crippen molar-refractivity contribution >= 4 is 11.9 Å². The van der Waals surface area contributed by atoms with Crippen molar-refractivity contribution in [3.05, 3.63) is 38.7 Å². The summed E-state index contributed by atoms with van der Waals surface area (Å²) < 4.78 is 4.17. The fourth-order valence-electron chi connectivity index (χ4n) is 0.267. The number of ether oxygens (including phenoxy) is 1. The van der Waals surface area contributed by atoms with Gasteiger partial charge in [0.15, 0.2) is 0 Å². The molecule has 0 rings (SSSR count). The number of hydrogen-bond acceptors (Lipinski definition) is 4. The van der Waals surface area contributed by atoms with Gasteiger partial charge < -0.3 is 15.2 Å². The molecule has 0 aliphatic rings. The van der Waals surface area contributed by atoms with Crippen molar-refractivity contribution in [3.8, 4) is 0 Å². The van der Waals surface area contributed by atoms with Crippen LogP contribution in [0.5, 0.6) is 0 Å². The summed E-state index contributed by atoms with van der Waals surface area (Å²) in [5, 5.41) is 10.1. The summed E-state index contributed by atoms with van der Waals surface area (Å²) in [4.78, 5) is 19.8. The van der Waals surface area contributed by atoms with E-state index in [0.29, 0.717) is 0 Å². The number of hydrogen-bond donors (Lipinski definition) is 2. The highest BCUT2D eigenvalue weighted by Crippen LogP contribution is 1.70. The molecule has 5 heteroatoms. The van der Waals surface area contributed by atoms with Crippen LogP contribution in [0.15, 0.2) is 38.7 Å². The Morgan fingerprint density at radius 3 is 1.93 bits per heavy atom. The second-order valence-electron chi connectivity index (χ2n) is 1.68. The van der Waals surface area contributed by atoms with Crippen molar-refractivity contribution in [3.63, 3.8) is 0 Å². The highest BCUT2D eigenvalue weighted by Gasteiger charge is 1.84. The lowest BCUT2D eigenvalue weighted by atomic mass is 10.6. The van der Waals surface area contributed by atoms with Gasteiger partial charge in [-0.15, -0.1) is 13.2 Å². The van der Waals surface area contributed by atoms with E-state index in [9.17, 15) is 9.59 Å². The van der Waals surface area contributed by atoms with E-state index in [-0.39, 0.29) is 18.6 Å². The molecule has 0 unspecified atom stereocenters. The van der Waals surface area contributed by atoms with Gasteiger partial charge >= 0.3 is 5.97 Å². The van der Waals surface area contributed by atoms with Gasteiger partial charge in [0.1, 0.15) is 6.73 Å². The number of aliphatic hydroxyl groups excluding tert-OH is 1. The van der Waals surface area contributed by atoms with Crippen LogP contribution < -0.4 is 5.32 Å². The number of nitrogens with one attached hydrogen (secondary N) is 1. The number of aliphatic hydroxyl groups is 1. The van der Waals surface area contributed by atoms with Crippen LogP contribution in [-0.4, -0.2) is 23.7 Å². The first-order valence-electron chi connectivity index (χ1n) is 3.87. The molecule has 1 amide bonds. The van der Waals surface area contributed by atoms with Gasteiger partial charge in [-0.3, -0.25) is 9.59 Å². The number of rotatable bonds is 3. The van der Waals surface area contributed by atoms with E-state index in [2.05, 4.69) is 36.4 Å². The van der Waals surface area contributed by atoms with Gasteiger partial charge in [-0.25, -0.2) is 0 Å². The molecule has 0 aromatic heterocycles. The van der Waals surface area contributed by atoms with E-state index in [1.54, 1.807) is 0 Å². The molecule has 0 fully saturated rings. The van der Waals surface area contributed by atoms with Crippen LogP contribution in [0, 0.1) is 0 Å². The fourth-order valence-corrected chi connectivity index (χ4v) is 0.267. The number of carbonyl (C=O) groups is 2.